The van der Waals surface area contributed by atoms with E-state index in [1.54, 1.807) is 0 Å². The van der Waals surface area contributed by atoms with E-state index in [9.17, 15) is 9.90 Å². The molecule has 3 N–H and O–H groups in total. The third kappa shape index (κ3) is 7.18. The average Bonchev–Trinajstić information content (AvgIpc) is 2.82. The van der Waals surface area contributed by atoms with E-state index in [1.807, 2.05) is 76.4 Å². The van der Waals surface area contributed by atoms with Gasteiger partial charge in [-0.25, -0.2) is 0 Å². The number of nitrogens with zero attached hydrogens (tertiary/aromatic N) is 1. The third-order valence-corrected chi connectivity index (χ3v) is 5.92. The summed E-state index contributed by atoms with van der Waals surface area (Å²) in [5.74, 6) is -0.197. The minimum absolute atomic E-state index is 0.116. The van der Waals surface area contributed by atoms with E-state index in [1.165, 1.54) is 12.1 Å². The number of anilines is 1. The Morgan fingerprint density at radius 1 is 1.19 bits per heavy atom. The van der Waals surface area contributed by atoms with Crippen LogP contribution in [-0.2, 0) is 6.42 Å². The fourth-order valence-corrected chi connectivity index (χ4v) is 4.17. The van der Waals surface area contributed by atoms with Crippen molar-refractivity contribution in [3.63, 3.8) is 0 Å². The quantitative estimate of drug-likeness (QED) is 0.205. The topological polar surface area (TPSA) is 77.5 Å². The molecule has 1 atom stereocenters. The Morgan fingerprint density at radius 2 is 1.94 bits per heavy atom. The Kier molecular flexibility index (Phi) is 9.25. The number of nitrogens with one attached hydrogen (secondary N) is 2. The van der Waals surface area contributed by atoms with Gasteiger partial charge in [-0.1, -0.05) is 76.6 Å². The number of aromatic nitrogens is 1. The smallest absolute Gasteiger partial charge is 0.251 e. The molecule has 1 unspecified atom stereocenters. The Morgan fingerprint density at radius 3 is 2.64 bits per heavy atom. The number of pyridine rings is 1. The predicted octanol–water partition coefficient (Wildman–Crippen LogP) is 6.77. The second-order valence-electron chi connectivity index (χ2n) is 8.74. The van der Waals surface area contributed by atoms with Crippen LogP contribution in [-0.4, -0.2) is 28.9 Å². The van der Waals surface area contributed by atoms with Crippen molar-refractivity contribution in [1.82, 2.24) is 4.98 Å². The highest BCUT2D eigenvalue weighted by Gasteiger charge is 2.16. The number of aromatic hydroxyl groups is 1. The van der Waals surface area contributed by atoms with Crippen LogP contribution in [0.4, 0.5) is 5.69 Å². The van der Waals surface area contributed by atoms with E-state index in [-0.39, 0.29) is 17.5 Å². The molecule has 6 heteroatoms. The van der Waals surface area contributed by atoms with E-state index in [0.29, 0.717) is 17.7 Å². The van der Waals surface area contributed by atoms with Crippen molar-refractivity contribution < 1.29 is 5.11 Å². The molecular weight excluding hydrogens is 514 g/mol. The highest BCUT2D eigenvalue weighted by atomic mass is 79.9. The number of benzene rings is 2. The zero-order valence-corrected chi connectivity index (χ0v) is 22.7. The van der Waals surface area contributed by atoms with Crippen LogP contribution in [0.15, 0.2) is 93.7 Å². The third-order valence-electron chi connectivity index (χ3n) is 5.65. The molecule has 0 aliphatic heterocycles. The van der Waals surface area contributed by atoms with Crippen LogP contribution in [0.1, 0.15) is 41.7 Å². The van der Waals surface area contributed by atoms with Crippen molar-refractivity contribution in [2.24, 2.45) is 4.99 Å². The molecule has 1 aromatic heterocycles. The summed E-state index contributed by atoms with van der Waals surface area (Å²) in [6.45, 7) is 10.3. The van der Waals surface area contributed by atoms with Crippen LogP contribution in [0, 0.1) is 6.92 Å². The molecule has 3 rings (SSSR count). The lowest BCUT2D eigenvalue weighted by atomic mass is 9.95. The number of aliphatic imine (C=N–C) groups is 1. The summed E-state index contributed by atoms with van der Waals surface area (Å²) in [6.07, 6.45) is 6.62. The van der Waals surface area contributed by atoms with Gasteiger partial charge in [-0.3, -0.25) is 14.8 Å². The normalized spacial score (nSPS) is 13.1. The van der Waals surface area contributed by atoms with E-state index in [4.69, 9.17) is 4.99 Å². The van der Waals surface area contributed by atoms with E-state index in [0.717, 1.165) is 38.0 Å². The maximum absolute atomic E-state index is 12.2. The maximum atomic E-state index is 12.2. The standard InChI is InChI=1S/C30H32BrN3O2/c1-19-13-14-27(32-5)26(15-19)30(24-17-28(35)34-29(36)18-24)33-22(4)16-23-11-6-7-12-25(23)20(2)9-8-10-21(3)31/h6-15,17-18,22,32H,2,16H2,1,3-5H3,(H2,34,35,36)/b9-8-,21-10+,33-30?. The van der Waals surface area contributed by atoms with Gasteiger partial charge < -0.3 is 10.4 Å². The molecule has 0 fully saturated rings. The van der Waals surface area contributed by atoms with Gasteiger partial charge in [0.1, 0.15) is 0 Å². The van der Waals surface area contributed by atoms with Crippen molar-refractivity contribution >= 4 is 32.9 Å². The molecule has 0 aliphatic rings. The van der Waals surface area contributed by atoms with Gasteiger partial charge in [0, 0.05) is 36.0 Å². The summed E-state index contributed by atoms with van der Waals surface area (Å²) < 4.78 is 1.04. The molecule has 0 amide bonds. The maximum Gasteiger partial charge on any atom is 0.251 e. The van der Waals surface area contributed by atoms with Gasteiger partial charge in [-0.15, -0.1) is 0 Å². The lowest BCUT2D eigenvalue weighted by Gasteiger charge is -2.17. The average molecular weight is 547 g/mol. The van der Waals surface area contributed by atoms with Gasteiger partial charge in [0.05, 0.1) is 11.8 Å². The number of aryl methyl sites for hydroxylation is 1. The summed E-state index contributed by atoms with van der Waals surface area (Å²) in [4.78, 5) is 19.7. The van der Waals surface area contributed by atoms with E-state index in [2.05, 4.69) is 44.9 Å². The molecule has 2 aromatic carbocycles. The molecule has 5 nitrogen and oxygen atoms in total. The number of hydrogen-bond donors (Lipinski definition) is 3. The van der Waals surface area contributed by atoms with Gasteiger partial charge in [-0.2, -0.15) is 0 Å². The molecule has 3 aromatic rings. The summed E-state index contributed by atoms with van der Waals surface area (Å²) in [6, 6.07) is 17.1. The molecule has 0 saturated carbocycles. The van der Waals surface area contributed by atoms with E-state index >= 15 is 0 Å². The molecular formula is C30H32BrN3O2. The lowest BCUT2D eigenvalue weighted by Crippen LogP contribution is -2.16. The van der Waals surface area contributed by atoms with Gasteiger partial charge in [0.2, 0.25) is 0 Å². The molecule has 0 spiro atoms. The first kappa shape index (κ1) is 27.0. The predicted molar refractivity (Wildman–Crippen MR) is 156 cm³/mol. The first-order chi connectivity index (χ1) is 17.2. The fourth-order valence-electron chi connectivity index (χ4n) is 4.02. The fraction of sp³-hybridized carbons (Fsp3) is 0.200. The van der Waals surface area contributed by atoms with Gasteiger partial charge in [-0.05, 0) is 60.5 Å². The molecule has 0 aliphatic carbocycles. The van der Waals surface area contributed by atoms with E-state index < -0.39 is 0 Å². The molecule has 1 heterocycles. The summed E-state index contributed by atoms with van der Waals surface area (Å²) >= 11 is 3.44. The Bertz CT molecular complexity index is 1400. The zero-order chi connectivity index (χ0) is 26.2. The highest BCUT2D eigenvalue weighted by Crippen LogP contribution is 2.25. The first-order valence-corrected chi connectivity index (χ1v) is 12.5. The molecule has 0 saturated heterocycles. The van der Waals surface area contributed by atoms with Crippen molar-refractivity contribution in [3.8, 4) is 5.88 Å². The summed E-state index contributed by atoms with van der Waals surface area (Å²) in [5, 5.41) is 13.3. The largest absolute Gasteiger partial charge is 0.494 e. The SMILES string of the molecule is C=C(/C=C\C=C(/C)Br)c1ccccc1CC(C)N=C(c1cc(O)[nH]c(=O)c1)c1cc(C)ccc1NC. The zero-order valence-electron chi connectivity index (χ0n) is 21.1. The molecule has 0 bridgehead atoms. The summed E-state index contributed by atoms with van der Waals surface area (Å²) in [7, 11) is 1.85. The number of hydrogen-bond acceptors (Lipinski definition) is 4. The van der Waals surface area contributed by atoms with Crippen LogP contribution in [0.5, 0.6) is 5.88 Å². The Labute approximate surface area is 221 Å². The molecule has 186 valence electrons. The molecule has 0 radical (unpaired) electrons. The van der Waals surface area contributed by atoms with Crippen LogP contribution >= 0.6 is 15.9 Å². The Hall–Kier alpha value is -3.64. The monoisotopic (exact) mass is 545 g/mol. The van der Waals surface area contributed by atoms with Gasteiger partial charge in [0.25, 0.3) is 5.56 Å². The van der Waals surface area contributed by atoms with Crippen LogP contribution in [0.25, 0.3) is 5.57 Å². The lowest BCUT2D eigenvalue weighted by molar-refractivity contribution is 0.451. The van der Waals surface area contributed by atoms with Crippen LogP contribution in [0.3, 0.4) is 0 Å². The van der Waals surface area contributed by atoms with Gasteiger partial charge >= 0.3 is 0 Å². The van der Waals surface area contributed by atoms with Gasteiger partial charge in [0.15, 0.2) is 5.88 Å². The second-order valence-corrected chi connectivity index (χ2v) is 9.99. The van der Waals surface area contributed by atoms with Crippen LogP contribution in [0.2, 0.25) is 0 Å². The number of aromatic amines is 1. The second kappa shape index (κ2) is 12.4. The highest BCUT2D eigenvalue weighted by molar-refractivity contribution is 9.11. The van der Waals surface area contributed by atoms with Crippen molar-refractivity contribution in [3.05, 3.63) is 122 Å². The van der Waals surface area contributed by atoms with Crippen molar-refractivity contribution in [2.45, 2.75) is 33.2 Å². The van der Waals surface area contributed by atoms with Crippen LogP contribution < -0.4 is 10.9 Å². The first-order valence-electron chi connectivity index (χ1n) is 11.8. The number of H-pyrrole nitrogens is 1. The van der Waals surface area contributed by atoms with Crippen molar-refractivity contribution in [1.29, 1.82) is 0 Å². The minimum Gasteiger partial charge on any atom is -0.494 e. The number of allylic oxidation sites excluding steroid dienone is 5. The number of halogens is 1. The summed E-state index contributed by atoms with van der Waals surface area (Å²) in [5.41, 5.74) is 6.76. The minimum atomic E-state index is -0.384. The molecule has 36 heavy (non-hydrogen) atoms. The number of rotatable bonds is 9. The Balaban J connectivity index is 2.05. The van der Waals surface area contributed by atoms with Crippen molar-refractivity contribution in [2.75, 3.05) is 12.4 Å².